The van der Waals surface area contributed by atoms with Crippen molar-refractivity contribution in [2.45, 2.75) is 31.1 Å². The monoisotopic (exact) mass is 454 g/mol. The maximum absolute atomic E-state index is 13.6. The number of aliphatic hydroxyl groups is 2. The van der Waals surface area contributed by atoms with E-state index in [0.717, 1.165) is 10.4 Å². The molecule has 5 atom stereocenters. The van der Waals surface area contributed by atoms with E-state index < -0.39 is 38.8 Å². The molecule has 1 aliphatic rings. The third-order valence-corrected chi connectivity index (χ3v) is 5.52. The molecule has 3 aromatic rings. The van der Waals surface area contributed by atoms with Crippen LogP contribution >= 0.6 is 8.18 Å². The van der Waals surface area contributed by atoms with Crippen LogP contribution in [0.4, 0.5) is 10.2 Å². The average Bonchev–Trinajstić information content (AvgIpc) is 3.27. The summed E-state index contributed by atoms with van der Waals surface area (Å²) in [4.78, 5) is 26.8. The number of imidazole rings is 1. The van der Waals surface area contributed by atoms with E-state index in [-0.39, 0.29) is 30.1 Å². The Morgan fingerprint density at radius 3 is 2.71 bits per heavy atom. The summed E-state index contributed by atoms with van der Waals surface area (Å²) < 4.78 is 32.2. The maximum Gasteiger partial charge on any atom is 0.312 e. The van der Waals surface area contributed by atoms with Gasteiger partial charge in [-0.1, -0.05) is 30.3 Å². The number of aromatic nitrogens is 4. The van der Waals surface area contributed by atoms with Crippen LogP contribution in [0.3, 0.4) is 0 Å². The third-order valence-electron chi connectivity index (χ3n) is 4.81. The van der Waals surface area contributed by atoms with Gasteiger partial charge in [0.05, 0.1) is 19.5 Å². The van der Waals surface area contributed by atoms with Crippen LogP contribution in [0, 0.1) is 6.08 Å². The van der Waals surface area contributed by atoms with Gasteiger partial charge in [-0.15, -0.1) is 4.83 Å². The Kier molecular flexibility index (Phi) is 6.25. The number of hydrogen-bond donors (Lipinski definition) is 4. The highest BCUT2D eigenvalue weighted by Gasteiger charge is 2.45. The van der Waals surface area contributed by atoms with Crippen molar-refractivity contribution < 1.29 is 33.6 Å². The molecule has 166 valence electrons. The summed E-state index contributed by atoms with van der Waals surface area (Å²) in [7, 11) is -3.21. The van der Waals surface area contributed by atoms with E-state index >= 15 is 0 Å². The van der Waals surface area contributed by atoms with Crippen molar-refractivity contribution >= 4 is 25.2 Å². The van der Waals surface area contributed by atoms with Gasteiger partial charge in [-0.2, -0.15) is 14.4 Å². The molecule has 5 N–H and O–H groups in total. The van der Waals surface area contributed by atoms with Gasteiger partial charge in [0.1, 0.15) is 18.3 Å². The lowest BCUT2D eigenvalue weighted by Crippen LogP contribution is -2.35. The number of benzene rings is 1. The van der Waals surface area contributed by atoms with Crippen molar-refractivity contribution in [3.05, 3.63) is 48.3 Å². The average molecular weight is 454 g/mol. The normalized spacial score (nSPS) is 24.8. The second kappa shape index (κ2) is 8.93. The first-order valence-electron chi connectivity index (χ1n) is 9.19. The van der Waals surface area contributed by atoms with Crippen molar-refractivity contribution in [1.29, 1.82) is 0 Å². The Labute approximate surface area is 175 Å². The van der Waals surface area contributed by atoms with Crippen LogP contribution in [0.15, 0.2) is 36.7 Å². The highest BCUT2D eigenvalue weighted by Crippen LogP contribution is 2.33. The molecule has 0 amide bonds. The van der Waals surface area contributed by atoms with Crippen LogP contribution in [0.2, 0.25) is 0 Å². The standard InChI is InChI=1S/C17H20FN6O6P/c18-17-21-14(19)11-15(22-17)23(8-20-11)16-13(26)12(25)10(30-16)7-29-24(31(27)28)6-9-4-2-1-3-5-9/h1-5,8,10,12-13,16,25-26,31H,6-7H2,(H,27,28)(H2,19,21,22)/t10-,12-,13+,16-/m1/s1. The zero-order valence-corrected chi connectivity index (χ0v) is 16.9. The molecule has 3 heterocycles. The highest BCUT2D eigenvalue weighted by molar-refractivity contribution is 7.34. The smallest absolute Gasteiger partial charge is 0.312 e. The van der Waals surface area contributed by atoms with Crippen LogP contribution < -0.4 is 5.73 Å². The van der Waals surface area contributed by atoms with E-state index in [1.807, 2.05) is 6.07 Å². The number of nitrogen functional groups attached to an aromatic ring is 1. The molecular weight excluding hydrogens is 434 g/mol. The molecule has 0 bridgehead atoms. The van der Waals surface area contributed by atoms with Gasteiger partial charge in [0.15, 0.2) is 23.2 Å². The highest BCUT2D eigenvalue weighted by atomic mass is 31.1. The zero-order chi connectivity index (χ0) is 22.1. The van der Waals surface area contributed by atoms with Crippen LogP contribution in [-0.2, 0) is 20.7 Å². The van der Waals surface area contributed by atoms with Gasteiger partial charge in [-0.25, -0.2) is 4.98 Å². The van der Waals surface area contributed by atoms with Gasteiger partial charge < -0.3 is 25.6 Å². The number of rotatable bonds is 7. The minimum atomic E-state index is -3.21. The number of fused-ring (bicyclic) bond motifs is 1. The van der Waals surface area contributed by atoms with Gasteiger partial charge in [0.25, 0.3) is 8.18 Å². The summed E-state index contributed by atoms with van der Waals surface area (Å²) in [6.45, 7) is -0.289. The minimum absolute atomic E-state index is 0.0195. The van der Waals surface area contributed by atoms with Crippen molar-refractivity contribution in [3.63, 3.8) is 0 Å². The van der Waals surface area contributed by atoms with E-state index in [9.17, 15) is 24.1 Å². The summed E-state index contributed by atoms with van der Waals surface area (Å²) in [5.41, 5.74) is 6.47. The van der Waals surface area contributed by atoms with E-state index in [0.29, 0.717) is 0 Å². The van der Waals surface area contributed by atoms with Crippen LogP contribution in [-0.4, -0.2) is 64.4 Å². The number of nitrogens with two attached hydrogens (primary N) is 1. The second-order valence-electron chi connectivity index (χ2n) is 6.85. The fourth-order valence-electron chi connectivity index (χ4n) is 3.27. The van der Waals surface area contributed by atoms with Crippen molar-refractivity contribution in [2.24, 2.45) is 0 Å². The molecule has 4 rings (SSSR count). The van der Waals surface area contributed by atoms with Gasteiger partial charge in [-0.3, -0.25) is 14.0 Å². The predicted molar refractivity (Wildman–Crippen MR) is 105 cm³/mol. The second-order valence-corrected chi connectivity index (χ2v) is 7.91. The zero-order valence-electron chi connectivity index (χ0n) is 15.9. The molecule has 1 aliphatic heterocycles. The SMILES string of the molecule is Nc1nc(F)nc2c1ncn2[C@@H]1O[C@H](CON(Cc2ccccc2)[PH](=O)O)[C@@H](O)[C@@H]1O. The molecule has 0 aliphatic carbocycles. The molecule has 14 heteroatoms. The van der Waals surface area contributed by atoms with E-state index in [1.165, 1.54) is 10.9 Å². The minimum Gasteiger partial charge on any atom is -0.387 e. The van der Waals surface area contributed by atoms with Crippen LogP contribution in [0.5, 0.6) is 0 Å². The number of hydrogen-bond acceptors (Lipinski definition) is 9. The molecular formula is C17H20FN6O6P. The summed E-state index contributed by atoms with van der Waals surface area (Å²) in [6, 6.07) is 8.89. The quantitative estimate of drug-likeness (QED) is 0.215. The van der Waals surface area contributed by atoms with Gasteiger partial charge in [0, 0.05) is 0 Å². The molecule has 31 heavy (non-hydrogen) atoms. The van der Waals surface area contributed by atoms with Crippen LogP contribution in [0.25, 0.3) is 11.2 Å². The number of anilines is 1. The number of halogens is 1. The first-order valence-corrected chi connectivity index (χ1v) is 10.5. The molecule has 0 radical (unpaired) electrons. The van der Waals surface area contributed by atoms with Crippen molar-refractivity contribution in [1.82, 2.24) is 24.4 Å². The van der Waals surface area contributed by atoms with Gasteiger partial charge in [-0.05, 0) is 5.56 Å². The lowest BCUT2D eigenvalue weighted by atomic mass is 10.1. The van der Waals surface area contributed by atoms with Gasteiger partial charge in [0.2, 0.25) is 0 Å². The van der Waals surface area contributed by atoms with E-state index in [4.69, 9.17) is 15.3 Å². The van der Waals surface area contributed by atoms with Crippen molar-refractivity contribution in [3.8, 4) is 0 Å². The summed E-state index contributed by atoms with van der Waals surface area (Å²) in [5.74, 6) is -0.182. The molecule has 1 saturated heterocycles. The largest absolute Gasteiger partial charge is 0.387 e. The lowest BCUT2D eigenvalue weighted by molar-refractivity contribution is -0.149. The first-order chi connectivity index (χ1) is 14.8. The number of nitrogens with zero attached hydrogens (tertiary/aromatic N) is 5. The van der Waals surface area contributed by atoms with E-state index in [2.05, 4.69) is 15.0 Å². The number of ether oxygens (including phenoxy) is 1. The molecule has 0 saturated carbocycles. The molecule has 12 nitrogen and oxygen atoms in total. The molecule has 0 spiro atoms. The Morgan fingerprint density at radius 1 is 1.26 bits per heavy atom. The molecule has 1 fully saturated rings. The topological polar surface area (TPSA) is 169 Å². The predicted octanol–water partition coefficient (Wildman–Crippen LogP) is -0.0174. The Morgan fingerprint density at radius 2 is 2.00 bits per heavy atom. The molecule has 1 aromatic carbocycles. The summed E-state index contributed by atoms with van der Waals surface area (Å²) >= 11 is 0. The Balaban J connectivity index is 1.48. The first kappa shape index (κ1) is 21.7. The lowest BCUT2D eigenvalue weighted by Gasteiger charge is -2.21. The Bertz CT molecular complexity index is 1090. The third kappa shape index (κ3) is 4.43. The fraction of sp³-hybridized carbons (Fsp3) is 0.353. The van der Waals surface area contributed by atoms with Crippen molar-refractivity contribution in [2.75, 3.05) is 12.3 Å². The van der Waals surface area contributed by atoms with Gasteiger partial charge >= 0.3 is 6.08 Å². The summed E-state index contributed by atoms with van der Waals surface area (Å²) in [6.07, 6.45) is -4.90. The summed E-state index contributed by atoms with van der Waals surface area (Å²) in [5, 5.41) is 20.8. The maximum atomic E-state index is 13.6. The fourth-order valence-corrected chi connectivity index (χ4v) is 3.78. The molecule has 1 unspecified atom stereocenters. The number of hydroxylamine groups is 1. The van der Waals surface area contributed by atoms with E-state index in [1.54, 1.807) is 24.3 Å². The van der Waals surface area contributed by atoms with Crippen LogP contribution in [0.1, 0.15) is 11.8 Å². The number of aliphatic hydroxyl groups excluding tert-OH is 2. The molecule has 2 aromatic heterocycles. The Hall–Kier alpha value is -2.51.